The Morgan fingerprint density at radius 1 is 1.20 bits per heavy atom. The molecule has 0 saturated carbocycles. The van der Waals surface area contributed by atoms with Crippen LogP contribution < -0.4 is 15.4 Å². The number of aryl methyl sites for hydroxylation is 1. The monoisotopic (exact) mass is 431 g/mol. The maximum atomic E-state index is 12.1. The maximum Gasteiger partial charge on any atom is 0.243 e. The number of nitrogens with zero attached hydrogens (tertiary/aromatic N) is 1. The summed E-state index contributed by atoms with van der Waals surface area (Å²) in [6, 6.07) is 13.3. The smallest absolute Gasteiger partial charge is 0.243 e. The molecule has 2 aromatic carbocycles. The van der Waals surface area contributed by atoms with E-state index in [9.17, 15) is 13.2 Å². The van der Waals surface area contributed by atoms with Crippen LogP contribution in [0.3, 0.4) is 0 Å². The number of aromatic nitrogens is 1. The van der Waals surface area contributed by atoms with E-state index in [2.05, 4.69) is 4.98 Å². The maximum absolute atomic E-state index is 12.1. The van der Waals surface area contributed by atoms with E-state index in [0.29, 0.717) is 35.7 Å². The van der Waals surface area contributed by atoms with Crippen molar-refractivity contribution in [2.24, 2.45) is 5.14 Å². The van der Waals surface area contributed by atoms with Crippen LogP contribution >= 0.6 is 0 Å². The first-order valence-corrected chi connectivity index (χ1v) is 10.6. The van der Waals surface area contributed by atoms with E-state index in [1.165, 1.54) is 6.07 Å². The lowest BCUT2D eigenvalue weighted by Gasteiger charge is -2.07. The van der Waals surface area contributed by atoms with Gasteiger partial charge in [0.15, 0.2) is 11.7 Å². The first-order valence-electron chi connectivity index (χ1n) is 9.02. The van der Waals surface area contributed by atoms with Crippen molar-refractivity contribution in [3.05, 3.63) is 54.4 Å². The number of sulfonamides is 1. The van der Waals surface area contributed by atoms with Crippen LogP contribution in [-0.4, -0.2) is 31.6 Å². The molecule has 9 nitrogen and oxygen atoms in total. The van der Waals surface area contributed by atoms with Crippen LogP contribution in [0.4, 0.5) is 0 Å². The Bertz CT molecular complexity index is 1140. The van der Waals surface area contributed by atoms with Gasteiger partial charge in [0.05, 0.1) is 12.0 Å². The number of carbonyl (C=O) groups is 1. The highest BCUT2D eigenvalue weighted by Gasteiger charge is 2.23. The fourth-order valence-electron chi connectivity index (χ4n) is 2.96. The molecule has 0 aliphatic heterocycles. The molecular formula is C20H21N3O6S. The predicted molar refractivity (Wildman–Crippen MR) is 108 cm³/mol. The van der Waals surface area contributed by atoms with Crippen LogP contribution in [0.5, 0.6) is 5.75 Å². The molecule has 158 valence electrons. The van der Waals surface area contributed by atoms with Gasteiger partial charge in [-0.1, -0.05) is 12.1 Å². The van der Waals surface area contributed by atoms with E-state index >= 15 is 0 Å². The molecule has 1 amide bonds. The summed E-state index contributed by atoms with van der Waals surface area (Å²) in [4.78, 5) is 15.7. The Labute approximate surface area is 173 Å². The Morgan fingerprint density at radius 2 is 1.90 bits per heavy atom. The predicted octanol–water partition coefficient (Wildman–Crippen LogP) is 2.49. The molecule has 3 rings (SSSR count). The molecule has 0 aliphatic carbocycles. The van der Waals surface area contributed by atoms with E-state index in [4.69, 9.17) is 19.5 Å². The Balaban J connectivity index is 2.07. The van der Waals surface area contributed by atoms with Crippen molar-refractivity contribution in [1.29, 1.82) is 0 Å². The number of benzene rings is 2. The van der Waals surface area contributed by atoms with Gasteiger partial charge in [-0.15, -0.1) is 0 Å². The minimum atomic E-state index is -4.00. The number of hydrogen-bond donors (Lipinski definition) is 3. The highest BCUT2D eigenvalue weighted by molar-refractivity contribution is 7.89. The van der Waals surface area contributed by atoms with Gasteiger partial charge < -0.3 is 9.15 Å². The summed E-state index contributed by atoms with van der Waals surface area (Å²) in [5.74, 6) is 0.720. The fraction of sp³-hybridized carbons (Fsp3) is 0.200. The first-order chi connectivity index (χ1) is 14.3. The number of nitrogens with one attached hydrogen (secondary N) is 1. The van der Waals surface area contributed by atoms with Gasteiger partial charge in [-0.05, 0) is 42.8 Å². The molecule has 3 aromatic rings. The van der Waals surface area contributed by atoms with Crippen LogP contribution in [0.2, 0.25) is 0 Å². The van der Waals surface area contributed by atoms with E-state index in [-0.39, 0.29) is 22.6 Å². The second kappa shape index (κ2) is 9.08. The molecule has 1 aromatic heterocycles. The summed E-state index contributed by atoms with van der Waals surface area (Å²) >= 11 is 0. The fourth-order valence-corrected chi connectivity index (χ4v) is 3.69. The second-order valence-electron chi connectivity index (χ2n) is 6.44. The van der Waals surface area contributed by atoms with Crippen LogP contribution in [0.15, 0.2) is 57.8 Å². The SMILES string of the molecule is COc1ccc(-c2nc(CCCC(=O)NO)oc2-c2ccccc2S(N)(=O)=O)cc1. The zero-order valence-corrected chi connectivity index (χ0v) is 17.0. The lowest BCUT2D eigenvalue weighted by atomic mass is 10.1. The number of methoxy groups -OCH3 is 1. The molecule has 0 fully saturated rings. The zero-order chi connectivity index (χ0) is 21.7. The highest BCUT2D eigenvalue weighted by Crippen LogP contribution is 2.36. The minimum absolute atomic E-state index is 0.0814. The van der Waals surface area contributed by atoms with E-state index < -0.39 is 15.9 Å². The van der Waals surface area contributed by atoms with E-state index in [1.807, 2.05) is 0 Å². The van der Waals surface area contributed by atoms with Crippen LogP contribution in [0, 0.1) is 0 Å². The number of hydrogen-bond acceptors (Lipinski definition) is 7. The van der Waals surface area contributed by atoms with Gasteiger partial charge in [0.2, 0.25) is 15.9 Å². The molecule has 30 heavy (non-hydrogen) atoms. The summed E-state index contributed by atoms with van der Waals surface area (Å²) in [7, 11) is -2.45. The van der Waals surface area contributed by atoms with Crippen molar-refractivity contribution < 1.29 is 27.6 Å². The number of nitrogens with two attached hydrogens (primary N) is 1. The van der Waals surface area contributed by atoms with Gasteiger partial charge in [0.1, 0.15) is 11.4 Å². The number of ether oxygens (including phenoxy) is 1. The van der Waals surface area contributed by atoms with Crippen molar-refractivity contribution in [2.45, 2.75) is 24.2 Å². The molecule has 0 atom stereocenters. The Morgan fingerprint density at radius 3 is 2.53 bits per heavy atom. The number of rotatable bonds is 8. The Hall–Kier alpha value is -3.21. The Kier molecular flexibility index (Phi) is 6.50. The summed E-state index contributed by atoms with van der Waals surface area (Å²) in [5, 5.41) is 14.0. The quantitative estimate of drug-likeness (QED) is 0.367. The standard InChI is InChI=1S/C20H21N3O6S/c1-28-14-11-9-13(10-12-14)19-20(15-5-2-3-6-16(15)30(21,26)27)29-18(22-19)8-4-7-17(24)23-25/h2-3,5-6,9-12,25H,4,7-8H2,1H3,(H,23,24)(H2,21,26,27). The van der Waals surface area contributed by atoms with Gasteiger partial charge in [-0.2, -0.15) is 0 Å². The highest BCUT2D eigenvalue weighted by atomic mass is 32.2. The van der Waals surface area contributed by atoms with E-state index in [1.54, 1.807) is 55.1 Å². The summed E-state index contributed by atoms with van der Waals surface area (Å²) in [5.41, 5.74) is 2.99. The molecular weight excluding hydrogens is 410 g/mol. The summed E-state index contributed by atoms with van der Waals surface area (Å²) in [6.07, 6.45) is 0.777. The third-order valence-electron chi connectivity index (χ3n) is 4.39. The van der Waals surface area contributed by atoms with Crippen molar-refractivity contribution >= 4 is 15.9 Å². The number of amides is 1. The van der Waals surface area contributed by atoms with Crippen molar-refractivity contribution in [2.75, 3.05) is 7.11 Å². The second-order valence-corrected chi connectivity index (χ2v) is 7.97. The first kappa shape index (κ1) is 21.5. The van der Waals surface area contributed by atoms with Crippen molar-refractivity contribution in [3.8, 4) is 28.3 Å². The van der Waals surface area contributed by atoms with Crippen molar-refractivity contribution in [1.82, 2.24) is 10.5 Å². The number of primary sulfonamides is 1. The molecule has 0 saturated heterocycles. The molecule has 0 radical (unpaired) electrons. The summed E-state index contributed by atoms with van der Waals surface area (Å²) < 4.78 is 35.2. The summed E-state index contributed by atoms with van der Waals surface area (Å²) in [6.45, 7) is 0. The molecule has 4 N–H and O–H groups in total. The molecule has 0 bridgehead atoms. The zero-order valence-electron chi connectivity index (χ0n) is 16.2. The van der Waals surface area contributed by atoms with Gasteiger partial charge in [0.25, 0.3) is 0 Å². The van der Waals surface area contributed by atoms with E-state index in [0.717, 1.165) is 0 Å². The number of carbonyl (C=O) groups excluding carboxylic acids is 1. The topological polar surface area (TPSA) is 145 Å². The average molecular weight is 431 g/mol. The molecule has 0 unspecified atom stereocenters. The van der Waals surface area contributed by atoms with Gasteiger partial charge in [0, 0.05) is 24.0 Å². The van der Waals surface area contributed by atoms with Gasteiger partial charge in [-0.25, -0.2) is 24.0 Å². The third kappa shape index (κ3) is 4.85. The van der Waals surface area contributed by atoms with Crippen LogP contribution in [-0.2, 0) is 21.2 Å². The number of oxazole rings is 1. The third-order valence-corrected chi connectivity index (χ3v) is 5.36. The minimum Gasteiger partial charge on any atom is -0.497 e. The molecule has 1 heterocycles. The number of hydroxylamine groups is 1. The van der Waals surface area contributed by atoms with Gasteiger partial charge in [-0.3, -0.25) is 10.0 Å². The van der Waals surface area contributed by atoms with Crippen molar-refractivity contribution in [3.63, 3.8) is 0 Å². The lowest BCUT2D eigenvalue weighted by molar-refractivity contribution is -0.129. The van der Waals surface area contributed by atoms with Crippen LogP contribution in [0.25, 0.3) is 22.6 Å². The normalized spacial score (nSPS) is 11.3. The van der Waals surface area contributed by atoms with Crippen LogP contribution in [0.1, 0.15) is 18.7 Å². The van der Waals surface area contributed by atoms with Gasteiger partial charge >= 0.3 is 0 Å². The molecule has 10 heteroatoms. The average Bonchev–Trinajstić information content (AvgIpc) is 3.17. The largest absolute Gasteiger partial charge is 0.497 e. The molecule has 0 spiro atoms. The molecule has 0 aliphatic rings. The lowest BCUT2D eigenvalue weighted by Crippen LogP contribution is -2.18.